The number of rotatable bonds is 6. The molecule has 3 N–H and O–H groups in total. The predicted molar refractivity (Wildman–Crippen MR) is 78.7 cm³/mol. The van der Waals surface area contributed by atoms with Gasteiger partial charge in [-0.3, -0.25) is 0 Å². The maximum Gasteiger partial charge on any atom is 0.337 e. The topological polar surface area (TPSA) is 115 Å². The molecule has 2 aromatic rings. The molecular weight excluding hydrogens is 294 g/mol. The Morgan fingerprint density at radius 1 is 1.43 bits per heavy atom. The molecule has 0 atom stereocenters. The highest BCUT2D eigenvalue weighted by Gasteiger charge is 2.18. The number of primary sulfonamides is 1. The van der Waals surface area contributed by atoms with Gasteiger partial charge in [-0.05, 0) is 18.6 Å². The molecule has 0 bridgehead atoms. The number of nitrogens with zero attached hydrogens (tertiary/aromatic N) is 2. The SMILES string of the molecule is CCCc1nc2cccc(C(=O)O)c2n1CCS(N)(=O)=O. The number of hydrogen-bond acceptors (Lipinski definition) is 4. The van der Waals surface area contributed by atoms with Gasteiger partial charge in [0.1, 0.15) is 5.82 Å². The standard InChI is InChI=1S/C13H17N3O4S/c1-2-4-11-15-10-6-3-5-9(13(17)18)12(10)16(11)7-8-21(14,19)20/h3,5-6H,2,4,7-8H2,1H3,(H,17,18)(H2,14,19,20). The summed E-state index contributed by atoms with van der Waals surface area (Å²) in [6.45, 7) is 2.07. The number of hydrogen-bond donors (Lipinski definition) is 2. The minimum Gasteiger partial charge on any atom is -0.478 e. The summed E-state index contributed by atoms with van der Waals surface area (Å²) in [6.07, 6.45) is 1.46. The van der Waals surface area contributed by atoms with Crippen LogP contribution in [0.4, 0.5) is 0 Å². The van der Waals surface area contributed by atoms with E-state index in [1.54, 1.807) is 16.7 Å². The largest absolute Gasteiger partial charge is 0.478 e. The van der Waals surface area contributed by atoms with Crippen LogP contribution >= 0.6 is 0 Å². The van der Waals surface area contributed by atoms with Crippen molar-refractivity contribution in [1.82, 2.24) is 9.55 Å². The summed E-state index contributed by atoms with van der Waals surface area (Å²) in [7, 11) is -3.63. The molecule has 0 aliphatic heterocycles. The monoisotopic (exact) mass is 311 g/mol. The second kappa shape index (κ2) is 5.82. The number of carbonyl (C=O) groups is 1. The summed E-state index contributed by atoms with van der Waals surface area (Å²) in [5, 5.41) is 14.3. The van der Waals surface area contributed by atoms with Crippen molar-refractivity contribution in [3.8, 4) is 0 Å². The van der Waals surface area contributed by atoms with E-state index >= 15 is 0 Å². The predicted octanol–water partition coefficient (Wildman–Crippen LogP) is 0.976. The second-order valence-corrected chi connectivity index (χ2v) is 6.51. The van der Waals surface area contributed by atoms with Gasteiger partial charge >= 0.3 is 5.97 Å². The number of aromatic nitrogens is 2. The van der Waals surface area contributed by atoms with Crippen molar-refractivity contribution in [2.24, 2.45) is 5.14 Å². The number of aryl methyl sites for hydroxylation is 2. The fourth-order valence-electron chi connectivity index (χ4n) is 2.28. The molecule has 0 aliphatic carbocycles. The number of imidazole rings is 1. The molecule has 21 heavy (non-hydrogen) atoms. The molecule has 114 valence electrons. The maximum absolute atomic E-state index is 11.4. The highest BCUT2D eigenvalue weighted by Crippen LogP contribution is 2.22. The van der Waals surface area contributed by atoms with Crippen molar-refractivity contribution in [1.29, 1.82) is 0 Å². The Labute approximate surface area is 122 Å². The number of benzene rings is 1. The highest BCUT2D eigenvalue weighted by atomic mass is 32.2. The number of carboxylic acid groups (broad SMARTS) is 1. The van der Waals surface area contributed by atoms with Gasteiger partial charge in [0, 0.05) is 13.0 Å². The van der Waals surface area contributed by atoms with Crippen LogP contribution in [-0.4, -0.2) is 34.8 Å². The van der Waals surface area contributed by atoms with Crippen molar-refractivity contribution in [3.63, 3.8) is 0 Å². The molecule has 1 aromatic carbocycles. The van der Waals surface area contributed by atoms with Gasteiger partial charge in [-0.1, -0.05) is 13.0 Å². The third-order valence-electron chi connectivity index (χ3n) is 3.15. The maximum atomic E-state index is 11.4. The first kappa shape index (κ1) is 15.5. The molecule has 1 heterocycles. The lowest BCUT2D eigenvalue weighted by Crippen LogP contribution is -2.21. The summed E-state index contributed by atoms with van der Waals surface area (Å²) >= 11 is 0. The Kier molecular flexibility index (Phi) is 4.29. The van der Waals surface area contributed by atoms with E-state index in [9.17, 15) is 18.3 Å². The van der Waals surface area contributed by atoms with E-state index in [1.165, 1.54) is 6.07 Å². The van der Waals surface area contributed by atoms with E-state index in [4.69, 9.17) is 5.14 Å². The van der Waals surface area contributed by atoms with Crippen molar-refractivity contribution < 1.29 is 18.3 Å². The highest BCUT2D eigenvalue weighted by molar-refractivity contribution is 7.89. The minimum absolute atomic E-state index is 0.0922. The third-order valence-corrected chi connectivity index (χ3v) is 3.90. The summed E-state index contributed by atoms with van der Waals surface area (Å²) in [4.78, 5) is 15.8. The fraction of sp³-hybridized carbons (Fsp3) is 0.385. The number of aromatic carboxylic acids is 1. The van der Waals surface area contributed by atoms with Crippen molar-refractivity contribution >= 4 is 27.0 Å². The zero-order chi connectivity index (χ0) is 15.6. The van der Waals surface area contributed by atoms with Crippen LogP contribution in [0.25, 0.3) is 11.0 Å². The van der Waals surface area contributed by atoms with Gasteiger partial charge < -0.3 is 9.67 Å². The molecule has 0 amide bonds. The second-order valence-electron chi connectivity index (χ2n) is 4.78. The molecule has 7 nitrogen and oxygen atoms in total. The first-order valence-corrected chi connectivity index (χ1v) is 8.27. The van der Waals surface area contributed by atoms with Crippen molar-refractivity contribution in [2.45, 2.75) is 26.3 Å². The van der Waals surface area contributed by atoms with Crippen molar-refractivity contribution in [2.75, 3.05) is 5.75 Å². The lowest BCUT2D eigenvalue weighted by atomic mass is 10.2. The van der Waals surface area contributed by atoms with E-state index in [0.29, 0.717) is 23.3 Å². The van der Waals surface area contributed by atoms with E-state index in [2.05, 4.69) is 4.98 Å². The average molecular weight is 311 g/mol. The van der Waals surface area contributed by atoms with Crippen LogP contribution in [-0.2, 0) is 23.0 Å². The normalized spacial score (nSPS) is 11.9. The molecule has 8 heteroatoms. The van der Waals surface area contributed by atoms with Crippen LogP contribution in [0.5, 0.6) is 0 Å². The molecular formula is C13H17N3O4S. The van der Waals surface area contributed by atoms with Crippen LogP contribution in [0, 0.1) is 0 Å². The fourth-order valence-corrected chi connectivity index (χ4v) is 2.72. The first-order chi connectivity index (χ1) is 9.83. The molecule has 2 rings (SSSR count). The number of fused-ring (bicyclic) bond motifs is 1. The molecule has 0 fully saturated rings. The van der Waals surface area contributed by atoms with Gasteiger partial charge in [0.05, 0.1) is 22.3 Å². The van der Waals surface area contributed by atoms with Gasteiger partial charge in [0.15, 0.2) is 0 Å². The number of nitrogens with two attached hydrogens (primary N) is 1. The number of carboxylic acids is 1. The molecule has 1 aromatic heterocycles. The van der Waals surface area contributed by atoms with E-state index < -0.39 is 16.0 Å². The quantitative estimate of drug-likeness (QED) is 0.825. The lowest BCUT2D eigenvalue weighted by Gasteiger charge is -2.09. The number of sulfonamides is 1. The molecule has 0 saturated carbocycles. The Bertz CT molecular complexity index is 780. The Balaban J connectivity index is 2.62. The van der Waals surface area contributed by atoms with E-state index in [-0.39, 0.29) is 17.9 Å². The smallest absolute Gasteiger partial charge is 0.337 e. The average Bonchev–Trinajstić information content (AvgIpc) is 2.73. The zero-order valence-electron chi connectivity index (χ0n) is 11.6. The van der Waals surface area contributed by atoms with Gasteiger partial charge in [0.2, 0.25) is 10.0 Å². The first-order valence-electron chi connectivity index (χ1n) is 6.55. The zero-order valence-corrected chi connectivity index (χ0v) is 12.4. The minimum atomic E-state index is -3.63. The third kappa shape index (κ3) is 3.40. The van der Waals surface area contributed by atoms with E-state index in [0.717, 1.165) is 6.42 Å². The van der Waals surface area contributed by atoms with Crippen LogP contribution in [0.15, 0.2) is 18.2 Å². The molecule has 0 spiro atoms. The van der Waals surface area contributed by atoms with Gasteiger partial charge in [-0.25, -0.2) is 23.3 Å². The summed E-state index contributed by atoms with van der Waals surface area (Å²) < 4.78 is 24.0. The van der Waals surface area contributed by atoms with E-state index in [1.807, 2.05) is 6.92 Å². The van der Waals surface area contributed by atoms with Gasteiger partial charge in [-0.2, -0.15) is 0 Å². The molecule has 0 unspecified atom stereocenters. The Morgan fingerprint density at radius 3 is 2.71 bits per heavy atom. The molecule has 0 saturated heterocycles. The van der Waals surface area contributed by atoms with Crippen LogP contribution in [0.1, 0.15) is 29.5 Å². The Morgan fingerprint density at radius 2 is 2.14 bits per heavy atom. The van der Waals surface area contributed by atoms with Crippen molar-refractivity contribution in [3.05, 3.63) is 29.6 Å². The number of para-hydroxylation sites is 1. The molecule has 0 aliphatic rings. The van der Waals surface area contributed by atoms with Crippen LogP contribution in [0.3, 0.4) is 0 Å². The summed E-state index contributed by atoms with van der Waals surface area (Å²) in [5.74, 6) is -0.659. The van der Waals surface area contributed by atoms with Gasteiger partial charge in [0.25, 0.3) is 0 Å². The summed E-state index contributed by atoms with van der Waals surface area (Å²) in [5.41, 5.74) is 1.10. The van der Waals surface area contributed by atoms with Crippen LogP contribution < -0.4 is 5.14 Å². The lowest BCUT2D eigenvalue weighted by molar-refractivity contribution is 0.0698. The Hall–Kier alpha value is -1.93. The molecule has 0 radical (unpaired) electrons. The van der Waals surface area contributed by atoms with Crippen LogP contribution in [0.2, 0.25) is 0 Å². The van der Waals surface area contributed by atoms with Gasteiger partial charge in [-0.15, -0.1) is 0 Å². The summed E-state index contributed by atoms with van der Waals surface area (Å²) in [6, 6.07) is 4.82.